The zero-order chi connectivity index (χ0) is 24.1. The molecule has 7 rings (SSSR count). The summed E-state index contributed by atoms with van der Waals surface area (Å²) in [6.45, 7) is 3.61. The molecule has 0 radical (unpaired) electrons. The van der Waals surface area contributed by atoms with E-state index in [-0.39, 0.29) is 12.0 Å². The van der Waals surface area contributed by atoms with Gasteiger partial charge in [0.05, 0.1) is 22.8 Å². The Balaban J connectivity index is 1.18. The van der Waals surface area contributed by atoms with Gasteiger partial charge >= 0.3 is 5.97 Å². The van der Waals surface area contributed by atoms with E-state index < -0.39 is 0 Å². The number of aromatic nitrogens is 2. The Morgan fingerprint density at radius 1 is 1.06 bits per heavy atom. The third kappa shape index (κ3) is 3.83. The van der Waals surface area contributed by atoms with Gasteiger partial charge in [-0.1, -0.05) is 6.42 Å². The van der Waals surface area contributed by atoms with E-state index in [2.05, 4.69) is 39.1 Å². The van der Waals surface area contributed by atoms with Crippen molar-refractivity contribution in [3.05, 3.63) is 60.1 Å². The maximum absolute atomic E-state index is 13.3. The van der Waals surface area contributed by atoms with Crippen LogP contribution in [0.5, 0.6) is 5.75 Å². The van der Waals surface area contributed by atoms with Gasteiger partial charge in [-0.2, -0.15) is 0 Å². The summed E-state index contributed by atoms with van der Waals surface area (Å²) in [6, 6.07) is 10.4. The van der Waals surface area contributed by atoms with Crippen molar-refractivity contribution in [2.24, 2.45) is 0 Å². The molecule has 1 unspecified atom stereocenters. The highest BCUT2D eigenvalue weighted by atomic mass is 16.5. The molecule has 0 spiro atoms. The topological polar surface area (TPSA) is 68.1 Å². The summed E-state index contributed by atoms with van der Waals surface area (Å²) in [5.74, 6) is 0.461. The molecule has 1 atom stereocenters. The number of pyridine rings is 2. The third-order valence-corrected chi connectivity index (χ3v) is 7.97. The number of hydrogen-bond donors (Lipinski definition) is 1. The van der Waals surface area contributed by atoms with Crippen molar-refractivity contribution in [3.8, 4) is 5.75 Å². The first-order valence-electron chi connectivity index (χ1n) is 13.1. The lowest BCUT2D eigenvalue weighted by Gasteiger charge is -2.41. The van der Waals surface area contributed by atoms with Crippen molar-refractivity contribution < 1.29 is 14.3 Å². The second kappa shape index (κ2) is 8.91. The Bertz CT molecular complexity index is 1500. The molecular weight excluding hydrogens is 452 g/mol. The number of fused-ring (bicyclic) bond motifs is 5. The van der Waals surface area contributed by atoms with Crippen LogP contribution in [0.15, 0.2) is 49.0 Å². The number of ether oxygens (including phenoxy) is 2. The van der Waals surface area contributed by atoms with Crippen LogP contribution in [0, 0.1) is 0 Å². The number of esters is 1. The minimum absolute atomic E-state index is 0.128. The molecule has 7 nitrogen and oxygen atoms in total. The number of rotatable bonds is 3. The van der Waals surface area contributed by atoms with Crippen LogP contribution in [0.4, 0.5) is 0 Å². The Hall–Kier alpha value is -3.42. The Kier molecular flexibility index (Phi) is 5.40. The van der Waals surface area contributed by atoms with Crippen molar-refractivity contribution in [1.82, 2.24) is 19.6 Å². The van der Waals surface area contributed by atoms with Crippen molar-refractivity contribution in [3.63, 3.8) is 0 Å². The average Bonchev–Trinajstić information content (AvgIpc) is 3.27. The summed E-state index contributed by atoms with van der Waals surface area (Å²) >= 11 is 0. The van der Waals surface area contributed by atoms with Gasteiger partial charge in [0.25, 0.3) is 0 Å². The lowest BCUT2D eigenvalue weighted by Crippen LogP contribution is -2.54. The molecule has 0 amide bonds. The number of hydrogen-bond acceptors (Lipinski definition) is 6. The maximum atomic E-state index is 13.3. The van der Waals surface area contributed by atoms with E-state index in [1.807, 2.05) is 24.3 Å². The summed E-state index contributed by atoms with van der Waals surface area (Å²) in [7, 11) is 0. The molecule has 3 aliphatic heterocycles. The van der Waals surface area contributed by atoms with E-state index in [9.17, 15) is 4.79 Å². The normalized spacial score (nSPS) is 21.1. The van der Waals surface area contributed by atoms with Crippen LogP contribution in [0.2, 0.25) is 0 Å². The molecule has 4 aromatic rings. The molecule has 3 aliphatic rings. The lowest BCUT2D eigenvalue weighted by molar-refractivity contribution is -0.143. The molecule has 7 heteroatoms. The van der Waals surface area contributed by atoms with Crippen LogP contribution in [0.25, 0.3) is 33.4 Å². The van der Waals surface area contributed by atoms with E-state index in [0.717, 1.165) is 84.6 Å². The fourth-order valence-corrected chi connectivity index (χ4v) is 6.11. The number of carbonyl (C=O) groups excluding carboxylic acids is 1. The molecule has 6 heterocycles. The van der Waals surface area contributed by atoms with Gasteiger partial charge in [0.1, 0.15) is 18.4 Å². The van der Waals surface area contributed by atoms with Crippen LogP contribution >= 0.6 is 0 Å². The van der Waals surface area contributed by atoms with Gasteiger partial charge in [-0.25, -0.2) is 9.78 Å². The van der Waals surface area contributed by atoms with E-state index in [4.69, 9.17) is 14.5 Å². The van der Waals surface area contributed by atoms with Crippen LogP contribution in [0.1, 0.15) is 43.2 Å². The molecular formula is C29H30N4O3. The largest absolute Gasteiger partial charge is 0.496 e. The van der Waals surface area contributed by atoms with Gasteiger partial charge in [0.2, 0.25) is 0 Å². The van der Waals surface area contributed by atoms with Gasteiger partial charge in [0.15, 0.2) is 0 Å². The van der Waals surface area contributed by atoms with Gasteiger partial charge in [0, 0.05) is 34.8 Å². The first-order chi connectivity index (χ1) is 17.7. The number of likely N-dealkylation sites (tertiary alicyclic amines) is 1. The molecule has 184 valence electrons. The number of benzene rings is 1. The molecule has 1 aromatic carbocycles. The molecule has 3 aromatic heterocycles. The lowest BCUT2D eigenvalue weighted by atomic mass is 9.95. The number of nitrogens with one attached hydrogen (secondary N) is 1. The summed E-state index contributed by atoms with van der Waals surface area (Å²) in [5.41, 5.74) is 5.25. The summed E-state index contributed by atoms with van der Waals surface area (Å²) in [6.07, 6.45) is 13.3. The summed E-state index contributed by atoms with van der Waals surface area (Å²) in [4.78, 5) is 20.7. The molecule has 2 saturated heterocycles. The van der Waals surface area contributed by atoms with Crippen LogP contribution in [0.3, 0.4) is 0 Å². The predicted molar refractivity (Wildman–Crippen MR) is 140 cm³/mol. The van der Waals surface area contributed by atoms with E-state index >= 15 is 0 Å². The zero-order valence-electron chi connectivity index (χ0n) is 20.3. The maximum Gasteiger partial charge on any atom is 0.328 e. The molecule has 0 saturated carbocycles. The fourth-order valence-electron chi connectivity index (χ4n) is 6.11. The minimum Gasteiger partial charge on any atom is -0.496 e. The van der Waals surface area contributed by atoms with Crippen molar-refractivity contribution >= 4 is 39.4 Å². The molecule has 0 aliphatic carbocycles. The second-order valence-corrected chi connectivity index (χ2v) is 10.2. The van der Waals surface area contributed by atoms with E-state index in [1.165, 1.54) is 5.56 Å². The number of nitrogens with zero attached hydrogens (tertiary/aromatic N) is 3. The molecule has 36 heavy (non-hydrogen) atoms. The van der Waals surface area contributed by atoms with Crippen molar-refractivity contribution in [1.29, 1.82) is 0 Å². The molecule has 2 fully saturated rings. The average molecular weight is 483 g/mol. The monoisotopic (exact) mass is 482 g/mol. The zero-order valence-corrected chi connectivity index (χ0v) is 20.3. The van der Waals surface area contributed by atoms with Gasteiger partial charge in [-0.05, 0) is 87.3 Å². The molecule has 1 N–H and O–H groups in total. The van der Waals surface area contributed by atoms with Crippen LogP contribution in [-0.4, -0.2) is 52.0 Å². The number of piperidine rings is 2. The Labute approximate surface area is 209 Å². The smallest absolute Gasteiger partial charge is 0.328 e. The predicted octanol–water partition coefficient (Wildman–Crippen LogP) is 4.65. The van der Waals surface area contributed by atoms with Crippen molar-refractivity contribution in [2.75, 3.05) is 19.6 Å². The Morgan fingerprint density at radius 3 is 2.89 bits per heavy atom. The highest BCUT2D eigenvalue weighted by Gasteiger charge is 2.35. The van der Waals surface area contributed by atoms with E-state index in [0.29, 0.717) is 18.4 Å². The van der Waals surface area contributed by atoms with Gasteiger partial charge in [-0.15, -0.1) is 0 Å². The summed E-state index contributed by atoms with van der Waals surface area (Å²) in [5, 5.41) is 5.46. The first-order valence-corrected chi connectivity index (χ1v) is 13.1. The highest BCUT2D eigenvalue weighted by molar-refractivity contribution is 6.01. The quantitative estimate of drug-likeness (QED) is 0.339. The Morgan fingerprint density at radius 2 is 1.97 bits per heavy atom. The second-order valence-electron chi connectivity index (χ2n) is 10.2. The van der Waals surface area contributed by atoms with Gasteiger partial charge < -0.3 is 19.2 Å². The third-order valence-electron chi connectivity index (χ3n) is 7.97. The fraction of sp³-hybridized carbons (Fsp3) is 0.379. The molecule has 0 bridgehead atoms. The first kappa shape index (κ1) is 21.8. The highest BCUT2D eigenvalue weighted by Crippen LogP contribution is 2.31. The summed E-state index contributed by atoms with van der Waals surface area (Å²) < 4.78 is 13.5. The van der Waals surface area contributed by atoms with Crippen molar-refractivity contribution in [2.45, 2.75) is 50.8 Å². The van der Waals surface area contributed by atoms with Crippen LogP contribution in [-0.2, 0) is 16.1 Å². The van der Waals surface area contributed by atoms with Gasteiger partial charge in [-0.3, -0.25) is 4.90 Å². The standard InChI is InChI=1S/C29H30N4O3/c34-29(26-3-1-2-11-33(26)23-6-9-30-10-7-23)36-24-4-5-25-20(14-24)13-21-16-32-17-22-18-35-12-8-19(22)15-27(32)28(21)31-25/h4-5,8,12-17,23,26,30H,1-3,6-7,9-11,18H2. The number of carbonyl (C=O) groups is 1. The minimum atomic E-state index is -0.154. The SMILES string of the molecule is O=C(Oc1ccc2nc3c(cc2c1)cn1cc2c(cc31)C=COC2)C1CCCCN1C1CCNCC1. The van der Waals surface area contributed by atoms with Crippen LogP contribution < -0.4 is 10.1 Å². The van der Waals surface area contributed by atoms with E-state index in [1.54, 1.807) is 6.26 Å².